The molecule has 0 aromatic rings. The van der Waals surface area contributed by atoms with Crippen LogP contribution in [0.3, 0.4) is 0 Å². The van der Waals surface area contributed by atoms with Gasteiger partial charge < -0.3 is 4.74 Å². The van der Waals surface area contributed by atoms with Crippen LogP contribution in [0, 0.1) is 0 Å². The van der Waals surface area contributed by atoms with E-state index in [0.717, 1.165) is 0 Å². The zero-order valence-corrected chi connectivity index (χ0v) is 5.65. The van der Waals surface area contributed by atoms with Crippen LogP contribution in [-0.2, 0) is 4.74 Å². The average Bonchev–Trinajstić information content (AvgIpc) is 2.05. The van der Waals surface area contributed by atoms with Crippen LogP contribution in [-0.4, -0.2) is 31.0 Å². The third-order valence-corrected chi connectivity index (χ3v) is 1.11. The molecule has 0 aromatic carbocycles. The molecular formula is C6H8N2O2. The number of carbonyl (C=O) groups excluding carboxylic acids is 1. The highest BCUT2D eigenvalue weighted by atomic mass is 16.5. The SMILES string of the molecule is COC(=O)N1C=NC=CC1. The largest absolute Gasteiger partial charge is 0.452 e. The van der Waals surface area contributed by atoms with Gasteiger partial charge in [0.1, 0.15) is 6.34 Å². The molecule has 0 aromatic heterocycles. The van der Waals surface area contributed by atoms with Crippen molar-refractivity contribution in [3.05, 3.63) is 12.3 Å². The molecule has 1 rings (SSSR count). The van der Waals surface area contributed by atoms with Crippen molar-refractivity contribution in [3.63, 3.8) is 0 Å². The number of ether oxygens (including phenoxy) is 1. The lowest BCUT2D eigenvalue weighted by atomic mass is 10.5. The van der Waals surface area contributed by atoms with E-state index in [2.05, 4.69) is 9.73 Å². The number of rotatable bonds is 0. The van der Waals surface area contributed by atoms with Crippen molar-refractivity contribution in [1.82, 2.24) is 4.90 Å². The molecule has 1 aliphatic heterocycles. The number of hydrogen-bond acceptors (Lipinski definition) is 3. The monoisotopic (exact) mass is 140 g/mol. The summed E-state index contributed by atoms with van der Waals surface area (Å²) in [5, 5.41) is 0. The Hall–Kier alpha value is -1.32. The van der Waals surface area contributed by atoms with Gasteiger partial charge in [-0.25, -0.2) is 9.79 Å². The molecular weight excluding hydrogens is 132 g/mol. The maximum Gasteiger partial charge on any atom is 0.415 e. The number of amides is 1. The van der Waals surface area contributed by atoms with Gasteiger partial charge in [-0.15, -0.1) is 0 Å². The van der Waals surface area contributed by atoms with Crippen LogP contribution in [0.25, 0.3) is 0 Å². The third kappa shape index (κ3) is 1.34. The second-order valence-electron chi connectivity index (χ2n) is 1.77. The van der Waals surface area contributed by atoms with E-state index in [1.165, 1.54) is 18.3 Å². The van der Waals surface area contributed by atoms with Crippen molar-refractivity contribution in [2.45, 2.75) is 0 Å². The van der Waals surface area contributed by atoms with Gasteiger partial charge in [0.25, 0.3) is 0 Å². The van der Waals surface area contributed by atoms with E-state index in [1.54, 1.807) is 12.3 Å². The predicted octanol–water partition coefficient (Wildman–Crippen LogP) is 0.610. The zero-order chi connectivity index (χ0) is 7.40. The molecule has 0 fully saturated rings. The van der Waals surface area contributed by atoms with Crippen molar-refractivity contribution in [3.8, 4) is 0 Å². The number of hydrogen-bond donors (Lipinski definition) is 0. The van der Waals surface area contributed by atoms with Crippen LogP contribution < -0.4 is 0 Å². The molecule has 1 heterocycles. The van der Waals surface area contributed by atoms with E-state index >= 15 is 0 Å². The molecule has 0 atom stereocenters. The molecule has 0 aliphatic carbocycles. The Balaban J connectivity index is 2.51. The lowest BCUT2D eigenvalue weighted by Gasteiger charge is -2.14. The fraction of sp³-hybridized carbons (Fsp3) is 0.333. The van der Waals surface area contributed by atoms with Crippen molar-refractivity contribution < 1.29 is 9.53 Å². The minimum absolute atomic E-state index is 0.381. The topological polar surface area (TPSA) is 41.9 Å². The quantitative estimate of drug-likeness (QED) is 0.494. The summed E-state index contributed by atoms with van der Waals surface area (Å²) in [6.45, 7) is 0.538. The van der Waals surface area contributed by atoms with Crippen molar-refractivity contribution >= 4 is 12.4 Å². The molecule has 1 amide bonds. The molecule has 0 saturated heterocycles. The molecule has 54 valence electrons. The molecule has 4 nitrogen and oxygen atoms in total. The number of nitrogens with zero attached hydrogens (tertiary/aromatic N) is 2. The molecule has 10 heavy (non-hydrogen) atoms. The van der Waals surface area contributed by atoms with E-state index in [4.69, 9.17) is 0 Å². The average molecular weight is 140 g/mol. The summed E-state index contributed by atoms with van der Waals surface area (Å²) in [5.41, 5.74) is 0. The standard InChI is InChI=1S/C6H8N2O2/c1-10-6(9)8-4-2-3-7-5-8/h2-3,5H,4H2,1H3. The highest BCUT2D eigenvalue weighted by Gasteiger charge is 2.09. The van der Waals surface area contributed by atoms with Gasteiger partial charge in [0.2, 0.25) is 0 Å². The predicted molar refractivity (Wildman–Crippen MR) is 36.7 cm³/mol. The van der Waals surface area contributed by atoms with Gasteiger partial charge in [0, 0.05) is 12.7 Å². The Bertz CT molecular complexity index is 186. The van der Waals surface area contributed by atoms with Gasteiger partial charge in [0.05, 0.1) is 7.11 Å². The molecule has 0 saturated carbocycles. The van der Waals surface area contributed by atoms with Gasteiger partial charge in [0.15, 0.2) is 0 Å². The molecule has 0 radical (unpaired) electrons. The first-order chi connectivity index (χ1) is 4.84. The summed E-state index contributed by atoms with van der Waals surface area (Å²) in [4.78, 5) is 15.9. The van der Waals surface area contributed by atoms with Gasteiger partial charge in [-0.3, -0.25) is 4.90 Å². The Morgan fingerprint density at radius 2 is 2.60 bits per heavy atom. The van der Waals surface area contributed by atoms with E-state index in [0.29, 0.717) is 6.54 Å². The lowest BCUT2D eigenvalue weighted by Crippen LogP contribution is -2.30. The summed E-state index contributed by atoms with van der Waals surface area (Å²) in [6.07, 6.45) is 4.47. The highest BCUT2D eigenvalue weighted by Crippen LogP contribution is 1.94. The van der Waals surface area contributed by atoms with Crippen LogP contribution in [0.15, 0.2) is 17.3 Å². The van der Waals surface area contributed by atoms with Crippen LogP contribution in [0.4, 0.5) is 4.79 Å². The minimum atomic E-state index is -0.381. The minimum Gasteiger partial charge on any atom is -0.452 e. The van der Waals surface area contributed by atoms with Crippen LogP contribution in [0.2, 0.25) is 0 Å². The molecule has 4 heteroatoms. The fourth-order valence-corrected chi connectivity index (χ4v) is 0.627. The number of aliphatic imine (C=N–C) groups is 1. The summed E-state index contributed by atoms with van der Waals surface area (Å²) < 4.78 is 4.45. The second-order valence-corrected chi connectivity index (χ2v) is 1.77. The maximum atomic E-state index is 10.7. The summed E-state index contributed by atoms with van der Waals surface area (Å²) in [7, 11) is 1.34. The summed E-state index contributed by atoms with van der Waals surface area (Å²) in [5.74, 6) is 0. The molecule has 0 N–H and O–H groups in total. The summed E-state index contributed by atoms with van der Waals surface area (Å²) >= 11 is 0. The van der Waals surface area contributed by atoms with Crippen molar-refractivity contribution in [2.24, 2.45) is 4.99 Å². The Morgan fingerprint density at radius 1 is 1.80 bits per heavy atom. The summed E-state index contributed by atoms with van der Waals surface area (Å²) in [6, 6.07) is 0. The van der Waals surface area contributed by atoms with Gasteiger partial charge in [-0.2, -0.15) is 0 Å². The zero-order valence-electron chi connectivity index (χ0n) is 5.65. The van der Waals surface area contributed by atoms with Gasteiger partial charge >= 0.3 is 6.09 Å². The Kier molecular flexibility index (Phi) is 2.04. The van der Waals surface area contributed by atoms with Gasteiger partial charge in [-0.1, -0.05) is 0 Å². The first-order valence-corrected chi connectivity index (χ1v) is 2.87. The van der Waals surface area contributed by atoms with Gasteiger partial charge in [-0.05, 0) is 6.08 Å². The van der Waals surface area contributed by atoms with E-state index < -0.39 is 0 Å². The van der Waals surface area contributed by atoms with E-state index in [9.17, 15) is 4.79 Å². The first kappa shape index (κ1) is 6.80. The van der Waals surface area contributed by atoms with E-state index in [-0.39, 0.29) is 6.09 Å². The second kappa shape index (κ2) is 3.00. The Morgan fingerprint density at radius 3 is 3.10 bits per heavy atom. The smallest absolute Gasteiger partial charge is 0.415 e. The fourth-order valence-electron chi connectivity index (χ4n) is 0.627. The highest BCUT2D eigenvalue weighted by molar-refractivity contribution is 5.83. The normalized spacial score (nSPS) is 15.5. The van der Waals surface area contributed by atoms with Crippen LogP contribution >= 0.6 is 0 Å². The molecule has 1 aliphatic rings. The molecule has 0 bridgehead atoms. The number of carbonyl (C=O) groups is 1. The van der Waals surface area contributed by atoms with Crippen LogP contribution in [0.5, 0.6) is 0 Å². The lowest BCUT2D eigenvalue weighted by molar-refractivity contribution is 0.149. The van der Waals surface area contributed by atoms with E-state index in [1.807, 2.05) is 0 Å². The molecule has 0 unspecified atom stereocenters. The van der Waals surface area contributed by atoms with Crippen LogP contribution in [0.1, 0.15) is 0 Å². The molecule has 0 spiro atoms. The first-order valence-electron chi connectivity index (χ1n) is 2.87. The number of methoxy groups -OCH3 is 1. The maximum absolute atomic E-state index is 10.7. The third-order valence-electron chi connectivity index (χ3n) is 1.11. The van der Waals surface area contributed by atoms with Crippen molar-refractivity contribution in [2.75, 3.05) is 13.7 Å². The van der Waals surface area contributed by atoms with Crippen molar-refractivity contribution in [1.29, 1.82) is 0 Å². The Labute approximate surface area is 58.8 Å².